The van der Waals surface area contributed by atoms with Crippen LogP contribution in [0.2, 0.25) is 0 Å². The Morgan fingerprint density at radius 1 is 0.946 bits per heavy atom. The standard InChI is InChI=1S/C29H27F3N2O3/c30-29(31,32)26-14-6-13-25(33-26)28(36)15-18-7-5-8-19(16-28)34(18)27(35)37-17-24-22-11-3-1-9-20(22)21-10-2-4-12-23(21)24/h1-4,6,9-14,18-19,24,36H,5,7-8,15-17H2. The molecule has 2 saturated heterocycles. The summed E-state index contributed by atoms with van der Waals surface area (Å²) in [7, 11) is 0. The number of carbonyl (C=O) groups is 1. The number of piperidine rings is 2. The summed E-state index contributed by atoms with van der Waals surface area (Å²) in [6.07, 6.45) is -2.58. The fraction of sp³-hybridized carbons (Fsp3) is 0.379. The van der Waals surface area contributed by atoms with Crippen LogP contribution in [0.25, 0.3) is 11.1 Å². The highest BCUT2D eigenvalue weighted by molar-refractivity contribution is 5.79. The molecule has 6 rings (SSSR count). The van der Waals surface area contributed by atoms with E-state index in [0.29, 0.717) is 12.8 Å². The number of hydrogen-bond acceptors (Lipinski definition) is 4. The molecule has 2 unspecified atom stereocenters. The summed E-state index contributed by atoms with van der Waals surface area (Å²) in [5.74, 6) is -0.0628. The molecular weight excluding hydrogens is 481 g/mol. The molecule has 2 atom stereocenters. The molecule has 2 fully saturated rings. The number of amides is 1. The van der Waals surface area contributed by atoms with E-state index in [2.05, 4.69) is 29.2 Å². The summed E-state index contributed by atoms with van der Waals surface area (Å²) < 4.78 is 45.6. The summed E-state index contributed by atoms with van der Waals surface area (Å²) in [6, 6.07) is 19.2. The molecule has 3 aliphatic rings. The Kier molecular flexibility index (Phi) is 5.75. The molecule has 2 aromatic carbocycles. The molecular formula is C29H27F3N2O3. The van der Waals surface area contributed by atoms with Crippen molar-refractivity contribution >= 4 is 6.09 Å². The van der Waals surface area contributed by atoms with Gasteiger partial charge in [-0.05, 0) is 53.6 Å². The Morgan fingerprint density at radius 3 is 2.14 bits per heavy atom. The number of fused-ring (bicyclic) bond motifs is 5. The van der Waals surface area contributed by atoms with E-state index in [1.54, 1.807) is 4.90 Å². The van der Waals surface area contributed by atoms with Gasteiger partial charge < -0.3 is 14.7 Å². The van der Waals surface area contributed by atoms with Crippen molar-refractivity contribution in [2.45, 2.75) is 61.9 Å². The molecule has 192 valence electrons. The van der Waals surface area contributed by atoms with Crippen molar-refractivity contribution in [3.05, 3.63) is 89.2 Å². The van der Waals surface area contributed by atoms with Crippen LogP contribution in [0.4, 0.5) is 18.0 Å². The van der Waals surface area contributed by atoms with Crippen molar-refractivity contribution < 1.29 is 27.8 Å². The van der Waals surface area contributed by atoms with Gasteiger partial charge in [-0.2, -0.15) is 13.2 Å². The van der Waals surface area contributed by atoms with Crippen LogP contribution in [0.1, 0.15) is 60.5 Å². The number of benzene rings is 2. The van der Waals surface area contributed by atoms with Crippen LogP contribution in [0.15, 0.2) is 66.7 Å². The van der Waals surface area contributed by atoms with Crippen LogP contribution in [0.3, 0.4) is 0 Å². The van der Waals surface area contributed by atoms with Gasteiger partial charge in [-0.15, -0.1) is 0 Å². The highest BCUT2D eigenvalue weighted by Crippen LogP contribution is 2.46. The minimum absolute atomic E-state index is 0.00594. The molecule has 1 aliphatic carbocycles. The summed E-state index contributed by atoms with van der Waals surface area (Å²) in [6.45, 7) is 0.197. The minimum atomic E-state index is -4.59. The zero-order chi connectivity index (χ0) is 25.8. The number of aliphatic hydroxyl groups is 1. The SMILES string of the molecule is O=C(OCC1c2ccccc2-c2ccccc21)N1C2CCCC1CC(O)(c1cccc(C(F)(F)F)n1)C2. The lowest BCUT2D eigenvalue weighted by atomic mass is 9.74. The fourth-order valence-corrected chi connectivity index (χ4v) is 6.46. The molecule has 3 aromatic rings. The zero-order valence-corrected chi connectivity index (χ0v) is 20.1. The molecule has 3 heterocycles. The van der Waals surface area contributed by atoms with Gasteiger partial charge in [0, 0.05) is 30.8 Å². The van der Waals surface area contributed by atoms with Gasteiger partial charge in [-0.1, -0.05) is 54.6 Å². The van der Waals surface area contributed by atoms with Crippen LogP contribution < -0.4 is 0 Å². The fourth-order valence-electron chi connectivity index (χ4n) is 6.46. The second-order valence-electron chi connectivity index (χ2n) is 10.3. The van der Waals surface area contributed by atoms with Crippen molar-refractivity contribution in [3.8, 4) is 11.1 Å². The Balaban J connectivity index is 1.20. The molecule has 2 aliphatic heterocycles. The van der Waals surface area contributed by atoms with E-state index in [-0.39, 0.29) is 43.1 Å². The summed E-state index contributed by atoms with van der Waals surface area (Å²) in [5, 5.41) is 11.5. The summed E-state index contributed by atoms with van der Waals surface area (Å²) in [5.41, 5.74) is 1.99. The van der Waals surface area contributed by atoms with Gasteiger partial charge in [0.2, 0.25) is 0 Å². The van der Waals surface area contributed by atoms with E-state index < -0.39 is 23.6 Å². The molecule has 5 nitrogen and oxygen atoms in total. The second kappa shape index (κ2) is 8.87. The molecule has 37 heavy (non-hydrogen) atoms. The van der Waals surface area contributed by atoms with Gasteiger partial charge >= 0.3 is 12.3 Å². The normalized spacial score (nSPS) is 24.9. The van der Waals surface area contributed by atoms with E-state index in [1.807, 2.05) is 24.3 Å². The van der Waals surface area contributed by atoms with E-state index in [1.165, 1.54) is 12.1 Å². The minimum Gasteiger partial charge on any atom is -0.448 e. The van der Waals surface area contributed by atoms with Crippen molar-refractivity contribution in [2.24, 2.45) is 0 Å². The van der Waals surface area contributed by atoms with Crippen LogP contribution in [-0.4, -0.2) is 39.8 Å². The van der Waals surface area contributed by atoms with Crippen LogP contribution in [0.5, 0.6) is 0 Å². The maximum atomic E-state index is 13.4. The second-order valence-corrected chi connectivity index (χ2v) is 10.3. The number of ether oxygens (including phenoxy) is 1. The number of nitrogens with zero attached hydrogens (tertiary/aromatic N) is 2. The quantitative estimate of drug-likeness (QED) is 0.454. The molecule has 0 saturated carbocycles. The maximum absolute atomic E-state index is 13.4. The van der Waals surface area contributed by atoms with E-state index in [4.69, 9.17) is 4.74 Å². The Hall–Kier alpha value is -3.39. The first-order valence-electron chi connectivity index (χ1n) is 12.6. The third-order valence-electron chi connectivity index (χ3n) is 8.07. The topological polar surface area (TPSA) is 62.7 Å². The van der Waals surface area contributed by atoms with Crippen LogP contribution >= 0.6 is 0 Å². The number of rotatable bonds is 3. The third-order valence-corrected chi connectivity index (χ3v) is 8.07. The van der Waals surface area contributed by atoms with Crippen molar-refractivity contribution in [1.82, 2.24) is 9.88 Å². The van der Waals surface area contributed by atoms with Crippen molar-refractivity contribution in [1.29, 1.82) is 0 Å². The van der Waals surface area contributed by atoms with Crippen LogP contribution in [0, 0.1) is 0 Å². The Labute approximate surface area is 212 Å². The number of alkyl halides is 3. The first-order chi connectivity index (χ1) is 17.7. The first-order valence-corrected chi connectivity index (χ1v) is 12.6. The molecule has 0 radical (unpaired) electrons. The summed E-state index contributed by atoms with van der Waals surface area (Å²) >= 11 is 0. The van der Waals surface area contributed by atoms with Gasteiger partial charge in [-0.3, -0.25) is 0 Å². The molecule has 1 amide bonds. The predicted octanol–water partition coefficient (Wildman–Crippen LogP) is 6.25. The molecule has 8 heteroatoms. The lowest BCUT2D eigenvalue weighted by Gasteiger charge is -2.51. The number of halogens is 3. The van der Waals surface area contributed by atoms with Gasteiger partial charge in [0.15, 0.2) is 0 Å². The largest absolute Gasteiger partial charge is 0.448 e. The van der Waals surface area contributed by atoms with E-state index >= 15 is 0 Å². The zero-order valence-electron chi connectivity index (χ0n) is 20.1. The van der Waals surface area contributed by atoms with Crippen LogP contribution in [-0.2, 0) is 16.5 Å². The molecule has 2 bridgehead atoms. The van der Waals surface area contributed by atoms with E-state index in [0.717, 1.165) is 34.7 Å². The monoisotopic (exact) mass is 508 g/mol. The van der Waals surface area contributed by atoms with Crippen molar-refractivity contribution in [2.75, 3.05) is 6.61 Å². The van der Waals surface area contributed by atoms with Gasteiger partial charge in [0.25, 0.3) is 0 Å². The average Bonchev–Trinajstić information content (AvgIpc) is 3.20. The average molecular weight is 509 g/mol. The number of carbonyl (C=O) groups excluding carboxylic acids is 1. The lowest BCUT2D eigenvalue weighted by Crippen LogP contribution is -2.59. The number of aromatic nitrogens is 1. The third kappa shape index (κ3) is 4.17. The first kappa shape index (κ1) is 24.0. The van der Waals surface area contributed by atoms with Crippen molar-refractivity contribution in [3.63, 3.8) is 0 Å². The molecule has 1 N–H and O–H groups in total. The smallest absolute Gasteiger partial charge is 0.433 e. The predicted molar refractivity (Wildman–Crippen MR) is 131 cm³/mol. The Morgan fingerprint density at radius 2 is 1.54 bits per heavy atom. The molecule has 0 spiro atoms. The molecule has 1 aromatic heterocycles. The number of hydrogen-bond donors (Lipinski definition) is 1. The number of pyridine rings is 1. The lowest BCUT2D eigenvalue weighted by molar-refractivity contribution is -0.142. The highest BCUT2D eigenvalue weighted by atomic mass is 19.4. The van der Waals surface area contributed by atoms with Gasteiger partial charge in [0.05, 0.1) is 5.69 Å². The van der Waals surface area contributed by atoms with E-state index in [9.17, 15) is 23.1 Å². The summed E-state index contributed by atoms with van der Waals surface area (Å²) in [4.78, 5) is 18.8. The van der Waals surface area contributed by atoms with Gasteiger partial charge in [0.1, 0.15) is 17.9 Å². The maximum Gasteiger partial charge on any atom is 0.433 e. The Bertz CT molecular complexity index is 1280. The van der Waals surface area contributed by atoms with Gasteiger partial charge in [-0.25, -0.2) is 9.78 Å². The highest BCUT2D eigenvalue weighted by Gasteiger charge is 2.50.